The van der Waals surface area contributed by atoms with Crippen molar-refractivity contribution in [1.29, 1.82) is 0 Å². The first kappa shape index (κ1) is 11.2. The molecular weight excluding hydrogens is 206 g/mol. The maximum Gasteiger partial charge on any atom is 0.128 e. The van der Waals surface area contributed by atoms with Crippen LogP contribution in [0.3, 0.4) is 0 Å². The first-order valence-corrected chi connectivity index (χ1v) is 5.37. The Morgan fingerprint density at radius 2 is 2.06 bits per heavy atom. The maximum absolute atomic E-state index is 10.0. The lowest BCUT2D eigenvalue weighted by atomic mass is 10.1. The Bertz CT molecular complexity index is 363. The van der Waals surface area contributed by atoms with E-state index in [0.29, 0.717) is 12.3 Å². The third kappa shape index (κ3) is 2.46. The number of benzene rings is 1. The molecule has 4 nitrogen and oxygen atoms in total. The van der Waals surface area contributed by atoms with Crippen molar-refractivity contribution < 1.29 is 14.6 Å². The molecule has 0 aliphatic carbocycles. The van der Waals surface area contributed by atoms with E-state index in [2.05, 4.69) is 4.90 Å². The zero-order chi connectivity index (χ0) is 11.5. The molecule has 0 aromatic heterocycles. The minimum atomic E-state index is -0.497. The van der Waals surface area contributed by atoms with E-state index in [-0.39, 0.29) is 0 Å². The Labute approximate surface area is 95.4 Å². The highest BCUT2D eigenvalue weighted by atomic mass is 16.5. The highest BCUT2D eigenvalue weighted by molar-refractivity contribution is 5.42. The normalized spacial score (nSPS) is 16.9. The molecule has 88 valence electrons. The molecule has 1 fully saturated rings. The smallest absolute Gasteiger partial charge is 0.128 e. The molecule has 0 radical (unpaired) electrons. The summed E-state index contributed by atoms with van der Waals surface area (Å²) in [7, 11) is 3.21. The van der Waals surface area contributed by atoms with Crippen molar-refractivity contribution in [2.75, 3.05) is 33.9 Å². The van der Waals surface area contributed by atoms with Crippen LogP contribution in [-0.4, -0.2) is 43.9 Å². The van der Waals surface area contributed by atoms with Crippen LogP contribution in [0.5, 0.6) is 11.5 Å². The van der Waals surface area contributed by atoms with Crippen LogP contribution in [0.2, 0.25) is 0 Å². The summed E-state index contributed by atoms with van der Waals surface area (Å²) in [5, 5.41) is 10.0. The van der Waals surface area contributed by atoms with Gasteiger partial charge in [0.2, 0.25) is 0 Å². The second kappa shape index (κ2) is 4.72. The van der Waals surface area contributed by atoms with E-state index in [4.69, 9.17) is 9.47 Å². The highest BCUT2D eigenvalue weighted by Crippen LogP contribution is 2.30. The second-order valence-electron chi connectivity index (χ2n) is 3.92. The van der Waals surface area contributed by atoms with Gasteiger partial charge in [-0.25, -0.2) is 0 Å². The van der Waals surface area contributed by atoms with E-state index in [1.54, 1.807) is 20.3 Å². The van der Waals surface area contributed by atoms with Crippen LogP contribution in [0.1, 0.15) is 11.7 Å². The maximum atomic E-state index is 10.0. The molecule has 4 heteroatoms. The molecule has 1 aromatic rings. The average Bonchev–Trinajstić information content (AvgIpc) is 3.11. The lowest BCUT2D eigenvalue weighted by molar-refractivity contribution is 0.153. The summed E-state index contributed by atoms with van der Waals surface area (Å²) in [6, 6.07) is 5.48. The second-order valence-corrected chi connectivity index (χ2v) is 3.92. The van der Waals surface area contributed by atoms with Gasteiger partial charge in [0.25, 0.3) is 0 Å². The van der Waals surface area contributed by atoms with Crippen LogP contribution in [-0.2, 0) is 0 Å². The van der Waals surface area contributed by atoms with Gasteiger partial charge in [-0.05, 0) is 12.1 Å². The summed E-state index contributed by atoms with van der Waals surface area (Å²) in [5.74, 6) is 1.41. The van der Waals surface area contributed by atoms with Gasteiger partial charge in [0.15, 0.2) is 0 Å². The molecule has 1 aromatic carbocycles. The van der Waals surface area contributed by atoms with Crippen molar-refractivity contribution >= 4 is 0 Å². The summed E-state index contributed by atoms with van der Waals surface area (Å²) in [6.45, 7) is 2.83. The Hall–Kier alpha value is -1.26. The SMILES string of the molecule is COc1ccc(C(O)CN2CC2)c(OC)c1. The van der Waals surface area contributed by atoms with Crippen molar-refractivity contribution in [2.24, 2.45) is 0 Å². The van der Waals surface area contributed by atoms with Gasteiger partial charge in [0.05, 0.1) is 20.3 Å². The number of rotatable bonds is 5. The van der Waals surface area contributed by atoms with Crippen LogP contribution >= 0.6 is 0 Å². The van der Waals surface area contributed by atoms with Gasteiger partial charge >= 0.3 is 0 Å². The topological polar surface area (TPSA) is 41.7 Å². The first-order valence-electron chi connectivity index (χ1n) is 5.37. The van der Waals surface area contributed by atoms with E-state index in [0.717, 1.165) is 24.4 Å². The first-order chi connectivity index (χ1) is 7.74. The summed E-state index contributed by atoms with van der Waals surface area (Å²) in [5.41, 5.74) is 0.815. The number of hydrogen-bond donors (Lipinski definition) is 1. The third-order valence-electron chi connectivity index (χ3n) is 2.77. The lowest BCUT2D eigenvalue weighted by Crippen LogP contribution is -2.12. The molecule has 1 saturated heterocycles. The Balaban J connectivity index is 2.17. The zero-order valence-corrected chi connectivity index (χ0v) is 9.64. The molecule has 0 bridgehead atoms. The molecule has 0 amide bonds. The number of hydrogen-bond acceptors (Lipinski definition) is 4. The highest BCUT2D eigenvalue weighted by Gasteiger charge is 2.23. The molecule has 16 heavy (non-hydrogen) atoms. The molecule has 1 N–H and O–H groups in total. The summed E-state index contributed by atoms with van der Waals surface area (Å²) in [4.78, 5) is 2.17. The Kier molecular flexibility index (Phi) is 3.31. The van der Waals surface area contributed by atoms with Gasteiger partial charge in [0, 0.05) is 31.3 Å². The van der Waals surface area contributed by atoms with Crippen LogP contribution in [0, 0.1) is 0 Å². The van der Waals surface area contributed by atoms with Gasteiger partial charge in [0.1, 0.15) is 11.5 Å². The fourth-order valence-electron chi connectivity index (χ4n) is 1.69. The number of β-amino-alcohol motifs (C(OH)–C–C–N with tert-alkyl or cyclic N) is 1. The number of ether oxygens (including phenoxy) is 2. The monoisotopic (exact) mass is 223 g/mol. The third-order valence-corrected chi connectivity index (χ3v) is 2.77. The standard InChI is InChI=1S/C12H17NO3/c1-15-9-3-4-10(12(7-9)16-2)11(14)8-13-5-6-13/h3-4,7,11,14H,5-6,8H2,1-2H3. The largest absolute Gasteiger partial charge is 0.497 e. The fraction of sp³-hybridized carbons (Fsp3) is 0.500. The average molecular weight is 223 g/mol. The molecular formula is C12H17NO3. The van der Waals surface area contributed by atoms with Crippen molar-refractivity contribution in [1.82, 2.24) is 4.90 Å². The van der Waals surface area contributed by atoms with Crippen LogP contribution in [0.25, 0.3) is 0 Å². The van der Waals surface area contributed by atoms with Crippen molar-refractivity contribution in [3.05, 3.63) is 23.8 Å². The molecule has 1 unspecified atom stereocenters. The predicted octanol–water partition coefficient (Wildman–Crippen LogP) is 1.05. The van der Waals surface area contributed by atoms with E-state index in [1.807, 2.05) is 12.1 Å². The Morgan fingerprint density at radius 1 is 1.31 bits per heavy atom. The molecule has 2 rings (SSSR count). The van der Waals surface area contributed by atoms with E-state index in [9.17, 15) is 5.11 Å². The molecule has 1 aliphatic rings. The quantitative estimate of drug-likeness (QED) is 0.758. The van der Waals surface area contributed by atoms with E-state index in [1.165, 1.54) is 0 Å². The number of nitrogens with zero attached hydrogens (tertiary/aromatic N) is 1. The molecule has 0 saturated carbocycles. The van der Waals surface area contributed by atoms with Crippen molar-refractivity contribution in [3.63, 3.8) is 0 Å². The Morgan fingerprint density at radius 3 is 2.62 bits per heavy atom. The molecule has 0 spiro atoms. The van der Waals surface area contributed by atoms with Crippen molar-refractivity contribution in [3.8, 4) is 11.5 Å². The molecule has 1 heterocycles. The predicted molar refractivity (Wildman–Crippen MR) is 60.9 cm³/mol. The number of aliphatic hydroxyl groups is 1. The van der Waals surface area contributed by atoms with Gasteiger partial charge < -0.3 is 14.6 Å². The van der Waals surface area contributed by atoms with Crippen LogP contribution in [0.15, 0.2) is 18.2 Å². The molecule has 1 aliphatic heterocycles. The lowest BCUT2D eigenvalue weighted by Gasteiger charge is -2.15. The molecule has 1 atom stereocenters. The van der Waals surface area contributed by atoms with Gasteiger partial charge in [-0.1, -0.05) is 0 Å². The van der Waals surface area contributed by atoms with E-state index >= 15 is 0 Å². The summed E-state index contributed by atoms with van der Waals surface area (Å²) >= 11 is 0. The fourth-order valence-corrected chi connectivity index (χ4v) is 1.69. The summed E-state index contributed by atoms with van der Waals surface area (Å²) < 4.78 is 10.4. The van der Waals surface area contributed by atoms with Crippen LogP contribution < -0.4 is 9.47 Å². The zero-order valence-electron chi connectivity index (χ0n) is 9.64. The van der Waals surface area contributed by atoms with Gasteiger partial charge in [-0.3, -0.25) is 4.90 Å². The van der Waals surface area contributed by atoms with Gasteiger partial charge in [-0.2, -0.15) is 0 Å². The van der Waals surface area contributed by atoms with E-state index < -0.39 is 6.10 Å². The van der Waals surface area contributed by atoms with Crippen molar-refractivity contribution in [2.45, 2.75) is 6.10 Å². The van der Waals surface area contributed by atoms with Gasteiger partial charge in [-0.15, -0.1) is 0 Å². The summed E-state index contributed by atoms with van der Waals surface area (Å²) in [6.07, 6.45) is -0.497. The minimum Gasteiger partial charge on any atom is -0.497 e. The van der Waals surface area contributed by atoms with Crippen LogP contribution in [0.4, 0.5) is 0 Å². The number of methoxy groups -OCH3 is 2. The minimum absolute atomic E-state index is 0.497. The number of aliphatic hydroxyl groups excluding tert-OH is 1.